The molecule has 2 rings (SSSR count). The van der Waals surface area contributed by atoms with Crippen LogP contribution in [0.4, 0.5) is 10.2 Å². The van der Waals surface area contributed by atoms with Gasteiger partial charge >= 0.3 is 0 Å². The Morgan fingerprint density at radius 2 is 2.11 bits per heavy atom. The molecule has 3 nitrogen and oxygen atoms in total. The highest BCUT2D eigenvalue weighted by Gasteiger charge is 2.06. The van der Waals surface area contributed by atoms with Gasteiger partial charge in [-0.1, -0.05) is 18.2 Å². The predicted octanol–water partition coefficient (Wildman–Crippen LogP) is 2.91. The van der Waals surface area contributed by atoms with Crippen LogP contribution in [0.5, 0.6) is 0 Å². The molecule has 100 valence electrons. The molecule has 0 spiro atoms. The molecule has 1 N–H and O–H groups in total. The van der Waals surface area contributed by atoms with Crippen molar-refractivity contribution in [2.75, 3.05) is 11.9 Å². The fourth-order valence-corrected chi connectivity index (χ4v) is 1.86. The molecule has 0 saturated heterocycles. The first-order chi connectivity index (χ1) is 9.06. The molecular weight excluding hydrogens is 243 g/mol. The van der Waals surface area contributed by atoms with E-state index in [1.54, 1.807) is 19.2 Å². The summed E-state index contributed by atoms with van der Waals surface area (Å²) >= 11 is 0. The Balaban J connectivity index is 2.09. The first-order valence-electron chi connectivity index (χ1n) is 6.16. The summed E-state index contributed by atoms with van der Waals surface area (Å²) in [6.45, 7) is 2.28. The number of anilines is 1. The van der Waals surface area contributed by atoms with Crippen LogP contribution in [-0.4, -0.2) is 17.1 Å². The molecule has 0 fully saturated rings. The van der Waals surface area contributed by atoms with Crippen molar-refractivity contribution in [2.45, 2.75) is 19.6 Å². The normalized spacial score (nSPS) is 12.2. The van der Waals surface area contributed by atoms with Gasteiger partial charge in [0.2, 0.25) is 0 Å². The number of nitrogens with zero attached hydrogens (tertiary/aromatic N) is 2. The number of pyridine rings is 1. The third-order valence-corrected chi connectivity index (χ3v) is 2.95. The van der Waals surface area contributed by atoms with Gasteiger partial charge in [-0.15, -0.1) is 0 Å². The molecule has 1 heterocycles. The van der Waals surface area contributed by atoms with E-state index in [9.17, 15) is 9.50 Å². The van der Waals surface area contributed by atoms with Crippen molar-refractivity contribution in [1.29, 1.82) is 0 Å². The van der Waals surface area contributed by atoms with E-state index in [0.717, 1.165) is 16.9 Å². The van der Waals surface area contributed by atoms with Crippen molar-refractivity contribution in [1.82, 2.24) is 4.98 Å². The molecule has 4 heteroatoms. The maximum Gasteiger partial charge on any atom is 0.128 e. The molecular formula is C15H17FN2O. The van der Waals surface area contributed by atoms with Gasteiger partial charge in [0.1, 0.15) is 11.6 Å². The van der Waals surface area contributed by atoms with E-state index < -0.39 is 6.10 Å². The van der Waals surface area contributed by atoms with E-state index in [1.807, 2.05) is 30.1 Å². The molecule has 0 unspecified atom stereocenters. The molecule has 1 aromatic heterocycles. The molecule has 1 aromatic carbocycles. The summed E-state index contributed by atoms with van der Waals surface area (Å²) in [5.74, 6) is 0.553. The van der Waals surface area contributed by atoms with Crippen molar-refractivity contribution < 1.29 is 9.50 Å². The van der Waals surface area contributed by atoms with Crippen LogP contribution >= 0.6 is 0 Å². The average Bonchev–Trinajstić information content (AvgIpc) is 2.39. The van der Waals surface area contributed by atoms with Crippen LogP contribution < -0.4 is 4.90 Å². The van der Waals surface area contributed by atoms with Gasteiger partial charge in [0.05, 0.1) is 6.10 Å². The van der Waals surface area contributed by atoms with E-state index in [0.29, 0.717) is 6.54 Å². The van der Waals surface area contributed by atoms with Crippen LogP contribution in [0.15, 0.2) is 42.6 Å². The van der Waals surface area contributed by atoms with E-state index in [4.69, 9.17) is 0 Å². The number of rotatable bonds is 4. The zero-order valence-electron chi connectivity index (χ0n) is 11.0. The molecule has 0 amide bonds. The molecule has 0 aliphatic rings. The van der Waals surface area contributed by atoms with Gasteiger partial charge in [0.25, 0.3) is 0 Å². The maximum absolute atomic E-state index is 13.1. The number of aliphatic hydroxyl groups is 1. The van der Waals surface area contributed by atoms with Crippen LogP contribution in [0.2, 0.25) is 0 Å². The van der Waals surface area contributed by atoms with Crippen LogP contribution in [0, 0.1) is 5.82 Å². The van der Waals surface area contributed by atoms with Crippen LogP contribution in [-0.2, 0) is 6.54 Å². The number of halogens is 1. The second kappa shape index (κ2) is 5.80. The van der Waals surface area contributed by atoms with Gasteiger partial charge < -0.3 is 10.0 Å². The van der Waals surface area contributed by atoms with Gasteiger partial charge in [-0.3, -0.25) is 0 Å². The van der Waals surface area contributed by atoms with Gasteiger partial charge in [-0.05, 0) is 36.2 Å². The Labute approximate surface area is 112 Å². The lowest BCUT2D eigenvalue weighted by atomic mass is 10.2. The van der Waals surface area contributed by atoms with Gasteiger partial charge in [-0.2, -0.15) is 0 Å². The number of aliphatic hydroxyl groups excluding tert-OH is 1. The van der Waals surface area contributed by atoms with Crippen molar-refractivity contribution in [3.05, 3.63) is 59.5 Å². The van der Waals surface area contributed by atoms with Gasteiger partial charge in [0, 0.05) is 19.8 Å². The molecule has 0 bridgehead atoms. The van der Waals surface area contributed by atoms with Crippen molar-refractivity contribution >= 4 is 5.82 Å². The Bertz CT molecular complexity index is 540. The van der Waals surface area contributed by atoms with Gasteiger partial charge in [0.15, 0.2) is 0 Å². The number of hydrogen-bond acceptors (Lipinski definition) is 3. The lowest BCUT2D eigenvalue weighted by Gasteiger charge is -2.18. The Hall–Kier alpha value is -1.94. The predicted molar refractivity (Wildman–Crippen MR) is 73.4 cm³/mol. The molecule has 19 heavy (non-hydrogen) atoms. The SMILES string of the molecule is C[C@@H](O)c1ccc(N(C)Cc2cccc(F)c2)nc1. The Morgan fingerprint density at radius 3 is 2.68 bits per heavy atom. The molecule has 2 aromatic rings. The average molecular weight is 260 g/mol. The zero-order chi connectivity index (χ0) is 13.8. The number of benzene rings is 1. The van der Waals surface area contributed by atoms with E-state index in [2.05, 4.69) is 4.98 Å². The molecule has 1 atom stereocenters. The third kappa shape index (κ3) is 3.51. The van der Waals surface area contributed by atoms with E-state index in [1.165, 1.54) is 12.1 Å². The minimum absolute atomic E-state index is 0.233. The highest BCUT2D eigenvalue weighted by atomic mass is 19.1. The minimum atomic E-state index is -0.518. The molecule has 0 aliphatic carbocycles. The summed E-state index contributed by atoms with van der Waals surface area (Å²) in [6, 6.07) is 10.2. The second-order valence-electron chi connectivity index (χ2n) is 4.61. The van der Waals surface area contributed by atoms with Crippen molar-refractivity contribution in [3.63, 3.8) is 0 Å². The summed E-state index contributed by atoms with van der Waals surface area (Å²) in [5.41, 5.74) is 1.67. The van der Waals surface area contributed by atoms with Crippen LogP contribution in [0.1, 0.15) is 24.2 Å². The Morgan fingerprint density at radius 1 is 1.32 bits per heavy atom. The lowest BCUT2D eigenvalue weighted by Crippen LogP contribution is -2.17. The summed E-state index contributed by atoms with van der Waals surface area (Å²) in [5, 5.41) is 9.42. The summed E-state index contributed by atoms with van der Waals surface area (Å²) in [7, 11) is 1.90. The minimum Gasteiger partial charge on any atom is -0.389 e. The maximum atomic E-state index is 13.1. The topological polar surface area (TPSA) is 36.4 Å². The first kappa shape index (κ1) is 13.5. The fraction of sp³-hybridized carbons (Fsp3) is 0.267. The Kier molecular flexibility index (Phi) is 4.12. The third-order valence-electron chi connectivity index (χ3n) is 2.95. The molecule has 0 saturated carbocycles. The highest BCUT2D eigenvalue weighted by Crippen LogP contribution is 2.16. The van der Waals surface area contributed by atoms with Crippen LogP contribution in [0.3, 0.4) is 0 Å². The number of aromatic nitrogens is 1. The van der Waals surface area contributed by atoms with Crippen LogP contribution in [0.25, 0.3) is 0 Å². The largest absolute Gasteiger partial charge is 0.389 e. The van der Waals surface area contributed by atoms with Crippen molar-refractivity contribution in [2.24, 2.45) is 0 Å². The lowest BCUT2D eigenvalue weighted by molar-refractivity contribution is 0.199. The highest BCUT2D eigenvalue weighted by molar-refractivity contribution is 5.39. The quantitative estimate of drug-likeness (QED) is 0.918. The smallest absolute Gasteiger partial charge is 0.128 e. The zero-order valence-corrected chi connectivity index (χ0v) is 11.0. The van der Waals surface area contributed by atoms with Gasteiger partial charge in [-0.25, -0.2) is 9.37 Å². The standard InChI is InChI=1S/C15H17FN2O/c1-11(19)13-6-7-15(17-9-13)18(2)10-12-4-3-5-14(16)8-12/h3-9,11,19H,10H2,1-2H3/t11-/m1/s1. The molecule has 0 aliphatic heterocycles. The fourth-order valence-electron chi connectivity index (χ4n) is 1.86. The summed E-state index contributed by atoms with van der Waals surface area (Å²) in [6.07, 6.45) is 1.14. The number of hydrogen-bond donors (Lipinski definition) is 1. The second-order valence-corrected chi connectivity index (χ2v) is 4.61. The molecule has 0 radical (unpaired) electrons. The summed E-state index contributed by atoms with van der Waals surface area (Å²) in [4.78, 5) is 6.22. The first-order valence-corrected chi connectivity index (χ1v) is 6.16. The summed E-state index contributed by atoms with van der Waals surface area (Å²) < 4.78 is 13.1. The van der Waals surface area contributed by atoms with Crippen molar-refractivity contribution in [3.8, 4) is 0 Å². The van der Waals surface area contributed by atoms with E-state index in [-0.39, 0.29) is 5.82 Å². The monoisotopic (exact) mass is 260 g/mol. The van der Waals surface area contributed by atoms with E-state index >= 15 is 0 Å².